The van der Waals surface area contributed by atoms with Crippen molar-refractivity contribution in [3.63, 3.8) is 0 Å². The van der Waals surface area contributed by atoms with E-state index in [9.17, 15) is 4.79 Å². The fourth-order valence-electron chi connectivity index (χ4n) is 4.22. The van der Waals surface area contributed by atoms with Gasteiger partial charge in [0.1, 0.15) is 5.69 Å². The van der Waals surface area contributed by atoms with E-state index in [1.54, 1.807) is 12.4 Å². The Morgan fingerprint density at radius 3 is 2.68 bits per heavy atom. The summed E-state index contributed by atoms with van der Waals surface area (Å²) < 4.78 is 5.93. The van der Waals surface area contributed by atoms with Gasteiger partial charge < -0.3 is 9.64 Å². The molecule has 0 radical (unpaired) electrons. The van der Waals surface area contributed by atoms with Gasteiger partial charge in [0, 0.05) is 31.3 Å². The van der Waals surface area contributed by atoms with Crippen LogP contribution in [0.3, 0.4) is 0 Å². The number of rotatable bonds is 4. The van der Waals surface area contributed by atoms with Crippen LogP contribution in [0.2, 0.25) is 0 Å². The van der Waals surface area contributed by atoms with Crippen molar-refractivity contribution in [2.45, 2.75) is 58.1 Å². The van der Waals surface area contributed by atoms with Crippen molar-refractivity contribution in [2.75, 3.05) is 13.7 Å². The maximum atomic E-state index is 12.7. The van der Waals surface area contributed by atoms with Crippen LogP contribution in [0.15, 0.2) is 12.4 Å². The van der Waals surface area contributed by atoms with Gasteiger partial charge in [-0.1, -0.05) is 12.8 Å². The van der Waals surface area contributed by atoms with Gasteiger partial charge in [-0.15, -0.1) is 0 Å². The molecule has 0 unspecified atom stereocenters. The standard InChI is InChI=1S/C17H25N3O2/c1-4-22-15-9-14(17(15)7-5-6-8-17)20(3)16(21)13-11-18-12(2)10-19-13/h10-11,14-15H,4-9H2,1-3H3/t14-,15+/m0/s1. The van der Waals surface area contributed by atoms with Crippen LogP contribution < -0.4 is 0 Å². The minimum atomic E-state index is -0.0290. The third-order valence-corrected chi connectivity index (χ3v) is 5.43. The summed E-state index contributed by atoms with van der Waals surface area (Å²) in [5, 5.41) is 0. The van der Waals surface area contributed by atoms with Crippen LogP contribution >= 0.6 is 0 Å². The van der Waals surface area contributed by atoms with Gasteiger partial charge in [-0.2, -0.15) is 0 Å². The quantitative estimate of drug-likeness (QED) is 0.858. The van der Waals surface area contributed by atoms with E-state index in [0.29, 0.717) is 11.8 Å². The second-order valence-corrected chi connectivity index (χ2v) is 6.59. The molecule has 1 aromatic rings. The molecular formula is C17H25N3O2. The van der Waals surface area contributed by atoms with E-state index in [1.807, 2.05) is 25.8 Å². The van der Waals surface area contributed by atoms with Crippen LogP contribution in [0.4, 0.5) is 0 Å². The van der Waals surface area contributed by atoms with E-state index in [-0.39, 0.29) is 17.4 Å². The monoisotopic (exact) mass is 303 g/mol. The van der Waals surface area contributed by atoms with Crippen LogP contribution in [0.1, 0.15) is 55.2 Å². The van der Waals surface area contributed by atoms with Crippen molar-refractivity contribution in [3.8, 4) is 0 Å². The Bertz CT molecular complexity index is 537. The average Bonchev–Trinajstić information content (AvgIpc) is 3.03. The Hall–Kier alpha value is -1.49. The second-order valence-electron chi connectivity index (χ2n) is 6.59. The van der Waals surface area contributed by atoms with E-state index >= 15 is 0 Å². The first-order valence-corrected chi connectivity index (χ1v) is 8.26. The number of carbonyl (C=O) groups excluding carboxylic acids is 1. The SMILES string of the molecule is CCO[C@@H]1C[C@H](N(C)C(=O)c2cnc(C)cn2)C12CCCC2. The zero-order valence-electron chi connectivity index (χ0n) is 13.7. The molecule has 0 N–H and O–H groups in total. The maximum absolute atomic E-state index is 12.7. The normalized spacial score (nSPS) is 26.0. The highest BCUT2D eigenvalue weighted by atomic mass is 16.5. The summed E-state index contributed by atoms with van der Waals surface area (Å²) in [6.07, 6.45) is 9.29. The van der Waals surface area contributed by atoms with Crippen molar-refractivity contribution < 1.29 is 9.53 Å². The summed E-state index contributed by atoms with van der Waals surface area (Å²) >= 11 is 0. The summed E-state index contributed by atoms with van der Waals surface area (Å²) in [5.41, 5.74) is 1.42. The molecule has 1 aromatic heterocycles. The average molecular weight is 303 g/mol. The van der Waals surface area contributed by atoms with Crippen molar-refractivity contribution in [3.05, 3.63) is 23.8 Å². The van der Waals surface area contributed by atoms with Gasteiger partial charge in [0.05, 0.1) is 18.0 Å². The molecule has 1 amide bonds. The molecule has 2 atom stereocenters. The highest BCUT2D eigenvalue weighted by Crippen LogP contribution is 2.56. The molecule has 0 aromatic carbocycles. The first kappa shape index (κ1) is 15.4. The number of ether oxygens (including phenoxy) is 1. The van der Waals surface area contributed by atoms with Gasteiger partial charge in [0.15, 0.2) is 0 Å². The van der Waals surface area contributed by atoms with Crippen LogP contribution in [-0.4, -0.2) is 46.6 Å². The number of hydrogen-bond acceptors (Lipinski definition) is 4. The minimum absolute atomic E-state index is 0.0290. The Morgan fingerprint density at radius 1 is 1.36 bits per heavy atom. The van der Waals surface area contributed by atoms with Crippen molar-refractivity contribution in [1.82, 2.24) is 14.9 Å². The molecule has 0 saturated heterocycles. The molecular weight excluding hydrogens is 278 g/mol. The number of aryl methyl sites for hydroxylation is 1. The zero-order chi connectivity index (χ0) is 15.7. The molecule has 2 fully saturated rings. The topological polar surface area (TPSA) is 55.3 Å². The lowest BCUT2D eigenvalue weighted by Crippen LogP contribution is -2.64. The maximum Gasteiger partial charge on any atom is 0.274 e. The Kier molecular flexibility index (Phi) is 4.17. The van der Waals surface area contributed by atoms with E-state index in [2.05, 4.69) is 9.97 Å². The van der Waals surface area contributed by atoms with Gasteiger partial charge >= 0.3 is 0 Å². The predicted octanol–water partition coefficient (Wildman–Crippen LogP) is 2.59. The molecule has 5 nitrogen and oxygen atoms in total. The molecule has 2 aliphatic rings. The zero-order valence-corrected chi connectivity index (χ0v) is 13.7. The molecule has 120 valence electrons. The van der Waals surface area contributed by atoms with E-state index in [0.717, 1.165) is 18.7 Å². The van der Waals surface area contributed by atoms with Crippen LogP contribution in [-0.2, 0) is 4.74 Å². The molecule has 22 heavy (non-hydrogen) atoms. The highest BCUT2D eigenvalue weighted by molar-refractivity contribution is 5.92. The molecule has 1 spiro atoms. The van der Waals surface area contributed by atoms with Crippen molar-refractivity contribution in [1.29, 1.82) is 0 Å². The molecule has 0 bridgehead atoms. The number of amides is 1. The third kappa shape index (κ3) is 2.41. The molecule has 3 rings (SSSR count). The van der Waals surface area contributed by atoms with Gasteiger partial charge in [0.25, 0.3) is 5.91 Å². The summed E-state index contributed by atoms with van der Waals surface area (Å²) in [6.45, 7) is 4.67. The smallest absolute Gasteiger partial charge is 0.274 e. The Balaban J connectivity index is 1.75. The van der Waals surface area contributed by atoms with Crippen LogP contribution in [0.5, 0.6) is 0 Å². The summed E-state index contributed by atoms with van der Waals surface area (Å²) in [5.74, 6) is -0.0290. The molecule has 2 saturated carbocycles. The fourth-order valence-corrected chi connectivity index (χ4v) is 4.22. The van der Waals surface area contributed by atoms with Gasteiger partial charge in [-0.3, -0.25) is 9.78 Å². The number of aromatic nitrogens is 2. The Morgan fingerprint density at radius 2 is 2.09 bits per heavy atom. The lowest BCUT2D eigenvalue weighted by atomic mass is 9.60. The third-order valence-electron chi connectivity index (χ3n) is 5.43. The largest absolute Gasteiger partial charge is 0.378 e. The number of carbonyl (C=O) groups is 1. The fraction of sp³-hybridized carbons (Fsp3) is 0.706. The molecule has 5 heteroatoms. The Labute approximate surface area is 132 Å². The molecule has 2 aliphatic carbocycles. The second kappa shape index (κ2) is 5.95. The first-order valence-electron chi connectivity index (χ1n) is 8.26. The van der Waals surface area contributed by atoms with Crippen molar-refractivity contribution >= 4 is 5.91 Å². The number of nitrogens with zero attached hydrogens (tertiary/aromatic N) is 3. The van der Waals surface area contributed by atoms with Gasteiger partial charge in [0.2, 0.25) is 0 Å². The highest BCUT2D eigenvalue weighted by Gasteiger charge is 2.58. The van der Waals surface area contributed by atoms with E-state index in [4.69, 9.17) is 4.74 Å². The van der Waals surface area contributed by atoms with Gasteiger partial charge in [-0.25, -0.2) is 4.98 Å². The van der Waals surface area contributed by atoms with Crippen LogP contribution in [0.25, 0.3) is 0 Å². The summed E-state index contributed by atoms with van der Waals surface area (Å²) in [4.78, 5) is 23.0. The first-order chi connectivity index (χ1) is 10.6. The minimum Gasteiger partial charge on any atom is -0.378 e. The molecule has 0 aliphatic heterocycles. The summed E-state index contributed by atoms with van der Waals surface area (Å²) in [6, 6.07) is 0.266. The molecule has 1 heterocycles. The lowest BCUT2D eigenvalue weighted by Gasteiger charge is -2.56. The number of hydrogen-bond donors (Lipinski definition) is 0. The van der Waals surface area contributed by atoms with Gasteiger partial charge in [-0.05, 0) is 33.1 Å². The predicted molar refractivity (Wildman–Crippen MR) is 83.6 cm³/mol. The van der Waals surface area contributed by atoms with E-state index < -0.39 is 0 Å². The lowest BCUT2D eigenvalue weighted by molar-refractivity contribution is -0.152. The van der Waals surface area contributed by atoms with Crippen molar-refractivity contribution in [2.24, 2.45) is 5.41 Å². The van der Waals surface area contributed by atoms with Crippen LogP contribution in [0, 0.1) is 12.3 Å². The van der Waals surface area contributed by atoms with E-state index in [1.165, 1.54) is 25.7 Å². The summed E-state index contributed by atoms with van der Waals surface area (Å²) in [7, 11) is 1.90.